The molecule has 0 N–H and O–H groups in total. The number of allylic oxidation sites excluding steroid dienone is 3. The van der Waals surface area contributed by atoms with E-state index < -0.39 is 0 Å². The lowest BCUT2D eigenvalue weighted by Gasteiger charge is -1.87. The van der Waals surface area contributed by atoms with Gasteiger partial charge < -0.3 is 0 Å². The van der Waals surface area contributed by atoms with E-state index in [0.717, 1.165) is 5.84 Å². The van der Waals surface area contributed by atoms with Gasteiger partial charge in [0.2, 0.25) is 0 Å². The Morgan fingerprint density at radius 3 is 2.33 bits per heavy atom. The second kappa shape index (κ2) is 6.53. The van der Waals surface area contributed by atoms with E-state index in [9.17, 15) is 0 Å². The van der Waals surface area contributed by atoms with E-state index in [0.29, 0.717) is 0 Å². The zero-order chi connectivity index (χ0) is 9.40. The van der Waals surface area contributed by atoms with Crippen LogP contribution in [0.15, 0.2) is 33.9 Å². The van der Waals surface area contributed by atoms with Crippen LogP contribution in [0.25, 0.3) is 0 Å². The van der Waals surface area contributed by atoms with E-state index in [4.69, 9.17) is 0 Å². The molecule has 0 spiro atoms. The predicted molar refractivity (Wildman–Crippen MR) is 55.8 cm³/mol. The number of hydrogen-bond donors (Lipinski definition) is 0. The largest absolute Gasteiger partial charge is 0.242 e. The van der Waals surface area contributed by atoms with Crippen LogP contribution in [0.1, 0.15) is 27.7 Å². The summed E-state index contributed by atoms with van der Waals surface area (Å²) in [6.07, 6.45) is 7.35. The van der Waals surface area contributed by atoms with Crippen molar-refractivity contribution in [1.29, 1.82) is 0 Å². The van der Waals surface area contributed by atoms with Gasteiger partial charge in [-0.2, -0.15) is 0 Å². The minimum absolute atomic E-state index is 0.773. The average molecular weight is 164 g/mol. The van der Waals surface area contributed by atoms with Gasteiger partial charge in [-0.25, -0.2) is 9.98 Å². The minimum Gasteiger partial charge on any atom is -0.242 e. The lowest BCUT2D eigenvalue weighted by Crippen LogP contribution is -1.83. The van der Waals surface area contributed by atoms with Crippen molar-refractivity contribution in [2.75, 3.05) is 0 Å². The Kier molecular flexibility index (Phi) is 5.88. The Labute approximate surface area is 74.4 Å². The molecule has 0 bridgehead atoms. The van der Waals surface area contributed by atoms with Crippen molar-refractivity contribution in [3.05, 3.63) is 23.9 Å². The predicted octanol–water partition coefficient (Wildman–Crippen LogP) is 2.98. The molecule has 12 heavy (non-hydrogen) atoms. The molecule has 0 atom stereocenters. The highest BCUT2D eigenvalue weighted by atomic mass is 14.9. The van der Waals surface area contributed by atoms with Gasteiger partial charge in [-0.15, -0.1) is 0 Å². The van der Waals surface area contributed by atoms with Crippen LogP contribution in [0.5, 0.6) is 0 Å². The summed E-state index contributed by atoms with van der Waals surface area (Å²) in [6.45, 7) is 7.84. The quantitative estimate of drug-likeness (QED) is 0.443. The number of nitrogens with zero attached hydrogens (tertiary/aromatic N) is 2. The molecule has 0 heterocycles. The van der Waals surface area contributed by atoms with Crippen molar-refractivity contribution < 1.29 is 0 Å². The summed E-state index contributed by atoms with van der Waals surface area (Å²) in [6, 6.07) is 0. The van der Waals surface area contributed by atoms with Crippen LogP contribution in [-0.2, 0) is 0 Å². The van der Waals surface area contributed by atoms with Gasteiger partial charge >= 0.3 is 0 Å². The molecule has 0 aliphatic heterocycles. The molecule has 0 aromatic carbocycles. The van der Waals surface area contributed by atoms with Crippen molar-refractivity contribution >= 4 is 12.1 Å². The molecule has 0 saturated carbocycles. The normalized spacial score (nSPS) is 12.8. The molecule has 0 aliphatic carbocycles. The third-order valence-electron chi connectivity index (χ3n) is 1.05. The van der Waals surface area contributed by atoms with Crippen LogP contribution in [0, 0.1) is 0 Å². The molecule has 2 heteroatoms. The lowest BCUT2D eigenvalue weighted by atomic mass is 10.4. The molecule has 0 rings (SSSR count). The average Bonchev–Trinajstić information content (AvgIpc) is 2.01. The first-order valence-electron chi connectivity index (χ1n) is 4.00. The standard InChI is InChI=1S/C10H16N2/c1-5-6-7-11-10(4)12-8-9(2)3/h5-8H,1-4H3/b6-5-,11-7?,12-10?. The molecule has 0 amide bonds. The van der Waals surface area contributed by atoms with E-state index in [1.165, 1.54) is 5.57 Å². The highest BCUT2D eigenvalue weighted by Gasteiger charge is 1.79. The first kappa shape index (κ1) is 10.8. The summed E-state index contributed by atoms with van der Waals surface area (Å²) in [5, 5.41) is 0. The summed E-state index contributed by atoms with van der Waals surface area (Å²) in [5.41, 5.74) is 1.18. The van der Waals surface area contributed by atoms with Crippen molar-refractivity contribution in [2.24, 2.45) is 9.98 Å². The Morgan fingerprint density at radius 1 is 1.17 bits per heavy atom. The summed E-state index contributed by atoms with van der Waals surface area (Å²) in [5.74, 6) is 0.773. The fourth-order valence-corrected chi connectivity index (χ4v) is 0.493. The van der Waals surface area contributed by atoms with Crippen LogP contribution in [0.4, 0.5) is 0 Å². The molecule has 0 aromatic heterocycles. The second-order valence-corrected chi connectivity index (χ2v) is 2.69. The number of rotatable bonds is 2. The van der Waals surface area contributed by atoms with E-state index in [1.807, 2.05) is 46.0 Å². The number of amidine groups is 1. The van der Waals surface area contributed by atoms with Crippen LogP contribution >= 0.6 is 0 Å². The van der Waals surface area contributed by atoms with Gasteiger partial charge in [0.1, 0.15) is 5.84 Å². The molecule has 0 aliphatic rings. The fraction of sp³-hybridized carbons (Fsp3) is 0.400. The molecule has 0 unspecified atom stereocenters. The summed E-state index contributed by atoms with van der Waals surface area (Å²) in [4.78, 5) is 8.20. The second-order valence-electron chi connectivity index (χ2n) is 2.69. The molecule has 2 nitrogen and oxygen atoms in total. The SMILES string of the molecule is C/C=C\C=NC(C)=NC=C(C)C. The maximum atomic E-state index is 4.12. The van der Waals surface area contributed by atoms with E-state index in [1.54, 1.807) is 6.21 Å². The Morgan fingerprint density at radius 2 is 1.83 bits per heavy atom. The van der Waals surface area contributed by atoms with Gasteiger partial charge in [0.15, 0.2) is 0 Å². The molecule has 66 valence electrons. The van der Waals surface area contributed by atoms with Crippen LogP contribution in [0.2, 0.25) is 0 Å². The Bertz CT molecular complexity index is 228. The zero-order valence-electron chi connectivity index (χ0n) is 8.20. The summed E-state index contributed by atoms with van der Waals surface area (Å²) >= 11 is 0. The van der Waals surface area contributed by atoms with Gasteiger partial charge in [-0.05, 0) is 33.8 Å². The van der Waals surface area contributed by atoms with Crippen LogP contribution < -0.4 is 0 Å². The third-order valence-corrected chi connectivity index (χ3v) is 1.05. The molecular weight excluding hydrogens is 148 g/mol. The molecule has 0 aromatic rings. The molecule has 0 saturated heterocycles. The first-order valence-corrected chi connectivity index (χ1v) is 4.00. The van der Waals surface area contributed by atoms with Crippen LogP contribution in [-0.4, -0.2) is 12.1 Å². The lowest BCUT2D eigenvalue weighted by molar-refractivity contribution is 1.32. The maximum Gasteiger partial charge on any atom is 0.125 e. The number of hydrogen-bond acceptors (Lipinski definition) is 1. The van der Waals surface area contributed by atoms with Gasteiger partial charge in [-0.1, -0.05) is 11.6 Å². The zero-order valence-corrected chi connectivity index (χ0v) is 8.20. The van der Waals surface area contributed by atoms with E-state index in [2.05, 4.69) is 9.98 Å². The third kappa shape index (κ3) is 6.93. The topological polar surface area (TPSA) is 24.7 Å². The van der Waals surface area contributed by atoms with Crippen molar-refractivity contribution in [1.82, 2.24) is 0 Å². The van der Waals surface area contributed by atoms with Crippen molar-refractivity contribution in [3.8, 4) is 0 Å². The highest BCUT2D eigenvalue weighted by molar-refractivity contribution is 5.90. The minimum atomic E-state index is 0.773. The smallest absolute Gasteiger partial charge is 0.125 e. The maximum absolute atomic E-state index is 4.12. The summed E-state index contributed by atoms with van der Waals surface area (Å²) in [7, 11) is 0. The van der Waals surface area contributed by atoms with Crippen molar-refractivity contribution in [2.45, 2.75) is 27.7 Å². The highest BCUT2D eigenvalue weighted by Crippen LogP contribution is 1.90. The van der Waals surface area contributed by atoms with E-state index in [-0.39, 0.29) is 0 Å². The number of aliphatic imine (C=N–C) groups is 2. The van der Waals surface area contributed by atoms with Gasteiger partial charge in [0, 0.05) is 12.4 Å². The van der Waals surface area contributed by atoms with E-state index >= 15 is 0 Å². The first-order chi connectivity index (χ1) is 5.66. The molecule has 0 radical (unpaired) electrons. The van der Waals surface area contributed by atoms with Crippen LogP contribution in [0.3, 0.4) is 0 Å². The molecule has 0 fully saturated rings. The van der Waals surface area contributed by atoms with Gasteiger partial charge in [-0.3, -0.25) is 0 Å². The van der Waals surface area contributed by atoms with Gasteiger partial charge in [0.25, 0.3) is 0 Å². The molecular formula is C10H16N2. The van der Waals surface area contributed by atoms with Crippen molar-refractivity contribution in [3.63, 3.8) is 0 Å². The summed E-state index contributed by atoms with van der Waals surface area (Å²) < 4.78 is 0. The van der Waals surface area contributed by atoms with Gasteiger partial charge in [0.05, 0.1) is 0 Å². The Hall–Kier alpha value is -1.18. The monoisotopic (exact) mass is 164 g/mol. The Balaban J connectivity index is 4.11. The fourth-order valence-electron chi connectivity index (χ4n) is 0.493.